The molecule has 90 valence electrons. The van der Waals surface area contributed by atoms with Crippen molar-refractivity contribution in [2.24, 2.45) is 5.92 Å². The van der Waals surface area contributed by atoms with E-state index in [4.69, 9.17) is 5.11 Å². The van der Waals surface area contributed by atoms with E-state index in [0.717, 1.165) is 12.8 Å². The predicted octanol–water partition coefficient (Wildman–Crippen LogP) is 1.31. The second-order valence-corrected chi connectivity index (χ2v) is 4.21. The second-order valence-electron chi connectivity index (χ2n) is 4.21. The number of hydrogen-bond donors (Lipinski definition) is 2. The van der Waals surface area contributed by atoms with Crippen LogP contribution >= 0.6 is 0 Å². The van der Waals surface area contributed by atoms with Crippen LogP contribution in [0.5, 0.6) is 0 Å². The van der Waals surface area contributed by atoms with Crippen molar-refractivity contribution in [3.63, 3.8) is 0 Å². The first-order valence-corrected chi connectivity index (χ1v) is 5.65. The Kier molecular flexibility index (Phi) is 3.37. The molecule has 0 aromatic carbocycles. The molecule has 1 saturated carbocycles. The fourth-order valence-corrected chi connectivity index (χ4v) is 1.78. The minimum absolute atomic E-state index is 0.0145. The molecule has 1 aliphatic rings. The van der Waals surface area contributed by atoms with Crippen LogP contribution in [0.15, 0.2) is 18.3 Å². The summed E-state index contributed by atoms with van der Waals surface area (Å²) in [5.74, 6) is -1.00. The van der Waals surface area contributed by atoms with E-state index < -0.39 is 11.9 Å². The van der Waals surface area contributed by atoms with Gasteiger partial charge in [0.2, 0.25) is 0 Å². The summed E-state index contributed by atoms with van der Waals surface area (Å²) in [7, 11) is 0. The predicted molar refractivity (Wildman–Crippen MR) is 60.9 cm³/mol. The van der Waals surface area contributed by atoms with Gasteiger partial charge in [-0.05, 0) is 30.9 Å². The van der Waals surface area contributed by atoms with Crippen LogP contribution in [0.4, 0.5) is 0 Å². The zero-order valence-electron chi connectivity index (χ0n) is 9.35. The molecule has 1 aliphatic carbocycles. The minimum atomic E-state index is -1.13. The van der Waals surface area contributed by atoms with E-state index in [1.807, 2.05) is 0 Å². The van der Waals surface area contributed by atoms with Gasteiger partial charge in [0.05, 0.1) is 5.56 Å². The number of nitrogens with zero attached hydrogens (tertiary/aromatic N) is 1. The lowest BCUT2D eigenvalue weighted by Gasteiger charge is -2.25. The Morgan fingerprint density at radius 2 is 2.24 bits per heavy atom. The zero-order valence-corrected chi connectivity index (χ0v) is 9.35. The van der Waals surface area contributed by atoms with Gasteiger partial charge in [-0.3, -0.25) is 9.78 Å². The maximum atomic E-state index is 11.8. The number of rotatable bonds is 4. The summed E-state index contributed by atoms with van der Waals surface area (Å²) < 4.78 is 0. The van der Waals surface area contributed by atoms with E-state index in [0.29, 0.717) is 12.5 Å². The number of carbonyl (C=O) groups is 2. The van der Waals surface area contributed by atoms with E-state index in [1.54, 1.807) is 0 Å². The Hall–Kier alpha value is -1.91. The summed E-state index contributed by atoms with van der Waals surface area (Å²) in [5, 5.41) is 11.7. The topological polar surface area (TPSA) is 79.3 Å². The lowest BCUT2D eigenvalue weighted by atomic mass is 9.85. The third-order valence-corrected chi connectivity index (χ3v) is 3.03. The summed E-state index contributed by atoms with van der Waals surface area (Å²) in [4.78, 5) is 26.5. The molecular weight excluding hydrogens is 220 g/mol. The summed E-state index contributed by atoms with van der Waals surface area (Å²) >= 11 is 0. The number of aromatic carboxylic acids is 1. The molecule has 5 heteroatoms. The van der Waals surface area contributed by atoms with Crippen LogP contribution in [0.1, 0.15) is 40.1 Å². The molecule has 1 heterocycles. The monoisotopic (exact) mass is 234 g/mol. The van der Waals surface area contributed by atoms with Crippen molar-refractivity contribution < 1.29 is 14.7 Å². The van der Waals surface area contributed by atoms with Gasteiger partial charge in [-0.1, -0.05) is 6.42 Å². The third-order valence-electron chi connectivity index (χ3n) is 3.03. The van der Waals surface area contributed by atoms with Crippen LogP contribution < -0.4 is 5.32 Å². The zero-order chi connectivity index (χ0) is 12.3. The molecule has 0 unspecified atom stereocenters. The first kappa shape index (κ1) is 11.6. The van der Waals surface area contributed by atoms with Crippen molar-refractivity contribution in [2.45, 2.75) is 19.3 Å². The van der Waals surface area contributed by atoms with Crippen LogP contribution in [0, 0.1) is 5.92 Å². The van der Waals surface area contributed by atoms with Crippen molar-refractivity contribution in [1.82, 2.24) is 10.3 Å². The Balaban J connectivity index is 2.04. The van der Waals surface area contributed by atoms with Crippen molar-refractivity contribution in [3.8, 4) is 0 Å². The molecule has 0 spiro atoms. The molecule has 0 atom stereocenters. The number of carboxylic acids is 1. The standard InChI is InChI=1S/C12H14N2O3/c15-11(14-7-8-3-1-4-8)10-9(12(16)17)5-2-6-13-10/h2,5-6,8H,1,3-4,7H2,(H,14,15)(H,16,17). The second kappa shape index (κ2) is 4.95. The Bertz CT molecular complexity index is 441. The highest BCUT2D eigenvalue weighted by Crippen LogP contribution is 2.25. The maximum absolute atomic E-state index is 11.8. The van der Waals surface area contributed by atoms with Crippen LogP contribution in [-0.4, -0.2) is 28.5 Å². The van der Waals surface area contributed by atoms with Gasteiger partial charge in [0.1, 0.15) is 5.69 Å². The molecule has 0 radical (unpaired) electrons. The molecule has 2 rings (SSSR count). The molecule has 2 N–H and O–H groups in total. The van der Waals surface area contributed by atoms with Crippen molar-refractivity contribution in [1.29, 1.82) is 0 Å². The first-order valence-electron chi connectivity index (χ1n) is 5.65. The number of pyridine rings is 1. The molecular formula is C12H14N2O3. The normalized spacial score (nSPS) is 15.1. The number of nitrogens with one attached hydrogen (secondary N) is 1. The summed E-state index contributed by atoms with van der Waals surface area (Å²) in [6.45, 7) is 0.606. The lowest BCUT2D eigenvalue weighted by molar-refractivity contribution is 0.0689. The number of carboxylic acid groups (broad SMARTS) is 1. The Labute approximate surface area is 98.9 Å². The SMILES string of the molecule is O=C(O)c1cccnc1C(=O)NCC1CCC1. The molecule has 5 nitrogen and oxygen atoms in total. The van der Waals surface area contributed by atoms with Crippen LogP contribution in [0.3, 0.4) is 0 Å². The number of amides is 1. The van der Waals surface area contributed by atoms with Crippen LogP contribution in [0.2, 0.25) is 0 Å². The van der Waals surface area contributed by atoms with Crippen LogP contribution in [-0.2, 0) is 0 Å². The smallest absolute Gasteiger partial charge is 0.338 e. The van der Waals surface area contributed by atoms with Crippen molar-refractivity contribution in [2.75, 3.05) is 6.54 Å². The minimum Gasteiger partial charge on any atom is -0.478 e. The number of carbonyl (C=O) groups excluding carboxylic acids is 1. The number of hydrogen-bond acceptors (Lipinski definition) is 3. The molecule has 1 fully saturated rings. The third kappa shape index (κ3) is 2.61. The highest BCUT2D eigenvalue weighted by molar-refractivity contribution is 6.03. The molecule has 0 saturated heterocycles. The number of aromatic nitrogens is 1. The van der Waals surface area contributed by atoms with E-state index >= 15 is 0 Å². The quantitative estimate of drug-likeness (QED) is 0.823. The van der Waals surface area contributed by atoms with Crippen LogP contribution in [0.25, 0.3) is 0 Å². The highest BCUT2D eigenvalue weighted by Gasteiger charge is 2.21. The summed E-state index contributed by atoms with van der Waals surface area (Å²) in [6.07, 6.45) is 4.90. The molecule has 0 bridgehead atoms. The van der Waals surface area contributed by atoms with Gasteiger partial charge < -0.3 is 10.4 Å². The van der Waals surface area contributed by atoms with Gasteiger partial charge in [0.15, 0.2) is 0 Å². The van der Waals surface area contributed by atoms with Gasteiger partial charge in [0, 0.05) is 12.7 Å². The van der Waals surface area contributed by atoms with Crippen molar-refractivity contribution in [3.05, 3.63) is 29.6 Å². The Morgan fingerprint density at radius 1 is 1.47 bits per heavy atom. The highest BCUT2D eigenvalue weighted by atomic mass is 16.4. The fraction of sp³-hybridized carbons (Fsp3) is 0.417. The lowest BCUT2D eigenvalue weighted by Crippen LogP contribution is -2.33. The Morgan fingerprint density at radius 3 is 2.82 bits per heavy atom. The average molecular weight is 234 g/mol. The van der Waals surface area contributed by atoms with E-state index in [2.05, 4.69) is 10.3 Å². The molecule has 17 heavy (non-hydrogen) atoms. The fourth-order valence-electron chi connectivity index (χ4n) is 1.78. The summed E-state index contributed by atoms with van der Waals surface area (Å²) in [5.41, 5.74) is -0.0714. The van der Waals surface area contributed by atoms with E-state index in [9.17, 15) is 9.59 Å². The van der Waals surface area contributed by atoms with E-state index in [-0.39, 0.29) is 11.3 Å². The molecule has 1 aromatic heterocycles. The van der Waals surface area contributed by atoms with E-state index in [1.165, 1.54) is 24.8 Å². The van der Waals surface area contributed by atoms with Gasteiger partial charge in [-0.2, -0.15) is 0 Å². The van der Waals surface area contributed by atoms with Gasteiger partial charge >= 0.3 is 5.97 Å². The average Bonchev–Trinajstić information content (AvgIpc) is 2.26. The maximum Gasteiger partial charge on any atom is 0.338 e. The van der Waals surface area contributed by atoms with Gasteiger partial charge in [-0.15, -0.1) is 0 Å². The molecule has 0 aliphatic heterocycles. The summed E-state index contributed by atoms with van der Waals surface area (Å²) in [6, 6.07) is 2.89. The largest absolute Gasteiger partial charge is 0.478 e. The molecule has 1 amide bonds. The van der Waals surface area contributed by atoms with Gasteiger partial charge in [-0.25, -0.2) is 4.79 Å². The van der Waals surface area contributed by atoms with Crippen molar-refractivity contribution >= 4 is 11.9 Å². The van der Waals surface area contributed by atoms with Gasteiger partial charge in [0.25, 0.3) is 5.91 Å². The molecule has 1 aromatic rings. The first-order chi connectivity index (χ1) is 8.18.